The standard InChI is InChI=1S/C15H20ClN5S/c1-3-11-8-22-15(20-11)10-5-4-6-21(7-10)14-12(17-2)13(16)18-9-19-14/h8-10,17H,3-7H2,1-2H3. The maximum absolute atomic E-state index is 6.17. The predicted molar refractivity (Wildman–Crippen MR) is 92.3 cm³/mol. The first kappa shape index (κ1) is 15.5. The summed E-state index contributed by atoms with van der Waals surface area (Å²) in [5, 5.41) is 7.01. The van der Waals surface area contributed by atoms with E-state index in [0.717, 1.165) is 37.4 Å². The van der Waals surface area contributed by atoms with Gasteiger partial charge in [0.05, 0.1) is 10.7 Å². The Labute approximate surface area is 139 Å². The van der Waals surface area contributed by atoms with E-state index in [1.54, 1.807) is 11.3 Å². The Morgan fingerprint density at radius 3 is 3.05 bits per heavy atom. The summed E-state index contributed by atoms with van der Waals surface area (Å²) < 4.78 is 0. The second-order valence-corrected chi connectivity index (χ2v) is 6.68. The molecule has 1 fully saturated rings. The Hall–Kier alpha value is -1.40. The first-order chi connectivity index (χ1) is 10.7. The Kier molecular flexibility index (Phi) is 4.78. The highest BCUT2D eigenvalue weighted by atomic mass is 35.5. The Balaban J connectivity index is 1.82. The van der Waals surface area contributed by atoms with Crippen LogP contribution >= 0.6 is 22.9 Å². The van der Waals surface area contributed by atoms with Gasteiger partial charge in [-0.2, -0.15) is 0 Å². The lowest BCUT2D eigenvalue weighted by Crippen LogP contribution is -2.35. The summed E-state index contributed by atoms with van der Waals surface area (Å²) in [7, 11) is 1.85. The molecule has 1 unspecified atom stereocenters. The zero-order chi connectivity index (χ0) is 15.5. The largest absolute Gasteiger partial charge is 0.383 e. The van der Waals surface area contributed by atoms with Gasteiger partial charge in [0.15, 0.2) is 11.0 Å². The number of aromatic nitrogens is 3. The molecule has 5 nitrogen and oxygen atoms in total. The van der Waals surface area contributed by atoms with Crippen LogP contribution < -0.4 is 10.2 Å². The van der Waals surface area contributed by atoms with E-state index in [1.807, 2.05) is 7.05 Å². The van der Waals surface area contributed by atoms with Crippen molar-refractivity contribution in [2.24, 2.45) is 0 Å². The monoisotopic (exact) mass is 337 g/mol. The number of halogens is 1. The van der Waals surface area contributed by atoms with Crippen molar-refractivity contribution in [2.45, 2.75) is 32.1 Å². The van der Waals surface area contributed by atoms with Crippen molar-refractivity contribution in [3.63, 3.8) is 0 Å². The van der Waals surface area contributed by atoms with Gasteiger partial charge >= 0.3 is 0 Å². The molecule has 1 atom stereocenters. The van der Waals surface area contributed by atoms with E-state index in [1.165, 1.54) is 23.4 Å². The first-order valence-electron chi connectivity index (χ1n) is 7.60. The van der Waals surface area contributed by atoms with E-state index in [0.29, 0.717) is 11.1 Å². The maximum Gasteiger partial charge on any atom is 0.157 e. The number of piperidine rings is 1. The average Bonchev–Trinajstić information content (AvgIpc) is 3.04. The third-order valence-electron chi connectivity index (χ3n) is 4.03. The number of rotatable bonds is 4. The molecule has 1 saturated heterocycles. The molecule has 3 rings (SSSR count). The zero-order valence-electron chi connectivity index (χ0n) is 12.8. The molecule has 2 aromatic heterocycles. The molecule has 0 amide bonds. The molecule has 7 heteroatoms. The van der Waals surface area contributed by atoms with Gasteiger partial charge in [0.25, 0.3) is 0 Å². The Morgan fingerprint density at radius 1 is 1.45 bits per heavy atom. The van der Waals surface area contributed by atoms with Crippen molar-refractivity contribution in [3.8, 4) is 0 Å². The lowest BCUT2D eigenvalue weighted by atomic mass is 9.98. The van der Waals surface area contributed by atoms with E-state index < -0.39 is 0 Å². The number of thiazole rings is 1. The second kappa shape index (κ2) is 6.79. The zero-order valence-corrected chi connectivity index (χ0v) is 14.4. The van der Waals surface area contributed by atoms with Gasteiger partial charge in [-0.25, -0.2) is 15.0 Å². The Bertz CT molecular complexity index is 645. The van der Waals surface area contributed by atoms with E-state index in [2.05, 4.69) is 32.5 Å². The summed E-state index contributed by atoms with van der Waals surface area (Å²) in [6, 6.07) is 0. The predicted octanol–water partition coefficient (Wildman–Crippen LogP) is 3.57. The molecule has 1 aliphatic rings. The van der Waals surface area contributed by atoms with Gasteiger partial charge in [-0.15, -0.1) is 11.3 Å². The van der Waals surface area contributed by atoms with Crippen LogP contribution in [0.2, 0.25) is 5.15 Å². The van der Waals surface area contributed by atoms with E-state index in [9.17, 15) is 0 Å². The molecule has 2 aromatic rings. The molecular formula is C15H20ClN5S. The lowest BCUT2D eigenvalue weighted by molar-refractivity contribution is 0.505. The van der Waals surface area contributed by atoms with Crippen molar-refractivity contribution in [2.75, 3.05) is 30.4 Å². The topological polar surface area (TPSA) is 53.9 Å². The lowest BCUT2D eigenvalue weighted by Gasteiger charge is -2.33. The van der Waals surface area contributed by atoms with Crippen LogP contribution in [0.25, 0.3) is 0 Å². The summed E-state index contributed by atoms with van der Waals surface area (Å²) in [6.07, 6.45) is 4.84. The maximum atomic E-state index is 6.17. The molecule has 22 heavy (non-hydrogen) atoms. The third kappa shape index (κ3) is 3.03. The highest BCUT2D eigenvalue weighted by molar-refractivity contribution is 7.09. The number of aryl methyl sites for hydroxylation is 1. The summed E-state index contributed by atoms with van der Waals surface area (Å²) in [5.74, 6) is 1.36. The summed E-state index contributed by atoms with van der Waals surface area (Å²) in [6.45, 7) is 4.07. The molecule has 1 aliphatic heterocycles. The van der Waals surface area contributed by atoms with Crippen molar-refractivity contribution in [3.05, 3.63) is 27.6 Å². The molecule has 3 heterocycles. The van der Waals surface area contributed by atoms with Gasteiger partial charge < -0.3 is 10.2 Å². The van der Waals surface area contributed by atoms with E-state index in [4.69, 9.17) is 16.6 Å². The molecule has 118 valence electrons. The Morgan fingerprint density at radius 2 is 2.32 bits per heavy atom. The number of hydrogen-bond donors (Lipinski definition) is 1. The normalized spacial score (nSPS) is 18.5. The third-order valence-corrected chi connectivity index (χ3v) is 5.38. The highest BCUT2D eigenvalue weighted by Gasteiger charge is 2.26. The fourth-order valence-corrected chi connectivity index (χ4v) is 4.11. The van der Waals surface area contributed by atoms with Crippen molar-refractivity contribution < 1.29 is 0 Å². The molecule has 0 bridgehead atoms. The van der Waals surface area contributed by atoms with Crippen LogP contribution in [0, 0.1) is 0 Å². The number of anilines is 2. The minimum Gasteiger partial charge on any atom is -0.383 e. The molecule has 0 aliphatic carbocycles. The van der Waals surface area contributed by atoms with Crippen LogP contribution in [-0.2, 0) is 6.42 Å². The van der Waals surface area contributed by atoms with Gasteiger partial charge in [-0.05, 0) is 19.3 Å². The van der Waals surface area contributed by atoms with Crippen LogP contribution in [0.15, 0.2) is 11.7 Å². The van der Waals surface area contributed by atoms with E-state index >= 15 is 0 Å². The first-order valence-corrected chi connectivity index (χ1v) is 8.86. The summed E-state index contributed by atoms with van der Waals surface area (Å²) >= 11 is 7.95. The van der Waals surface area contributed by atoms with Crippen LogP contribution in [0.4, 0.5) is 11.5 Å². The fourth-order valence-electron chi connectivity index (χ4n) is 2.85. The molecule has 0 saturated carbocycles. The SMILES string of the molecule is CCc1csc(C2CCCN(c3ncnc(Cl)c3NC)C2)n1. The van der Waals surface area contributed by atoms with Gasteiger partial charge in [-0.1, -0.05) is 18.5 Å². The highest BCUT2D eigenvalue weighted by Crippen LogP contribution is 2.35. The van der Waals surface area contributed by atoms with Gasteiger partial charge in [0.1, 0.15) is 12.0 Å². The minimum atomic E-state index is 0.470. The number of nitrogens with zero attached hydrogens (tertiary/aromatic N) is 4. The molecule has 0 spiro atoms. The number of hydrogen-bond acceptors (Lipinski definition) is 6. The van der Waals surface area contributed by atoms with Crippen LogP contribution in [-0.4, -0.2) is 35.1 Å². The number of nitrogens with one attached hydrogen (secondary N) is 1. The van der Waals surface area contributed by atoms with Gasteiger partial charge in [-0.3, -0.25) is 0 Å². The molecule has 1 N–H and O–H groups in total. The van der Waals surface area contributed by atoms with Crippen molar-refractivity contribution in [1.29, 1.82) is 0 Å². The average molecular weight is 338 g/mol. The fraction of sp³-hybridized carbons (Fsp3) is 0.533. The van der Waals surface area contributed by atoms with Gasteiger partial charge in [0.2, 0.25) is 0 Å². The molecular weight excluding hydrogens is 318 g/mol. The van der Waals surface area contributed by atoms with Gasteiger partial charge in [0, 0.05) is 31.4 Å². The summed E-state index contributed by atoms with van der Waals surface area (Å²) in [5.41, 5.74) is 2.00. The molecule has 0 aromatic carbocycles. The molecule has 0 radical (unpaired) electrons. The van der Waals surface area contributed by atoms with Crippen LogP contribution in [0.3, 0.4) is 0 Å². The smallest absolute Gasteiger partial charge is 0.157 e. The van der Waals surface area contributed by atoms with Crippen molar-refractivity contribution in [1.82, 2.24) is 15.0 Å². The quantitative estimate of drug-likeness (QED) is 0.864. The van der Waals surface area contributed by atoms with Crippen LogP contribution in [0.5, 0.6) is 0 Å². The summed E-state index contributed by atoms with van der Waals surface area (Å²) in [4.78, 5) is 15.5. The minimum absolute atomic E-state index is 0.470. The second-order valence-electron chi connectivity index (χ2n) is 5.43. The van der Waals surface area contributed by atoms with Crippen molar-refractivity contribution >= 4 is 34.4 Å². The van der Waals surface area contributed by atoms with E-state index in [-0.39, 0.29) is 0 Å². The van der Waals surface area contributed by atoms with Crippen LogP contribution in [0.1, 0.15) is 36.4 Å².